The zero-order valence-corrected chi connectivity index (χ0v) is 11.5. The molecule has 1 unspecified atom stereocenters. The summed E-state index contributed by atoms with van der Waals surface area (Å²) in [7, 11) is -4.89. The SMILES string of the molecule is O=C(OC(CS(=O)(=O)O)C(F)(F)F)C1CCCCCC1. The minimum Gasteiger partial charge on any atom is -0.451 e. The van der Waals surface area contributed by atoms with E-state index < -0.39 is 40.0 Å². The van der Waals surface area contributed by atoms with E-state index in [1.165, 1.54) is 0 Å². The Labute approximate surface area is 115 Å². The molecule has 1 aliphatic rings. The van der Waals surface area contributed by atoms with E-state index in [2.05, 4.69) is 4.74 Å². The van der Waals surface area contributed by atoms with Crippen LogP contribution < -0.4 is 0 Å². The van der Waals surface area contributed by atoms with Gasteiger partial charge < -0.3 is 4.74 Å². The monoisotopic (exact) mass is 318 g/mol. The van der Waals surface area contributed by atoms with Gasteiger partial charge in [-0.2, -0.15) is 21.6 Å². The lowest BCUT2D eigenvalue weighted by Gasteiger charge is -2.22. The third-order valence-electron chi connectivity index (χ3n) is 3.17. The Balaban J connectivity index is 2.71. The maximum atomic E-state index is 12.6. The average molecular weight is 318 g/mol. The van der Waals surface area contributed by atoms with E-state index in [-0.39, 0.29) is 0 Å². The Morgan fingerprint density at radius 3 is 2.10 bits per heavy atom. The lowest BCUT2D eigenvalue weighted by molar-refractivity contribution is -0.217. The Hall–Kier alpha value is -0.830. The second-order valence-electron chi connectivity index (χ2n) is 4.90. The van der Waals surface area contributed by atoms with Gasteiger partial charge in [0, 0.05) is 0 Å². The molecule has 0 saturated heterocycles. The van der Waals surface area contributed by atoms with Gasteiger partial charge in [-0.05, 0) is 12.8 Å². The molecule has 0 aliphatic heterocycles. The summed E-state index contributed by atoms with van der Waals surface area (Å²) in [4.78, 5) is 11.7. The Bertz CT molecular complexity index is 424. The highest BCUT2D eigenvalue weighted by molar-refractivity contribution is 7.85. The van der Waals surface area contributed by atoms with Gasteiger partial charge in [-0.15, -0.1) is 0 Å². The maximum Gasteiger partial charge on any atom is 0.426 e. The smallest absolute Gasteiger partial charge is 0.426 e. The Morgan fingerprint density at radius 1 is 1.20 bits per heavy atom. The van der Waals surface area contributed by atoms with E-state index in [9.17, 15) is 26.4 Å². The number of hydrogen-bond donors (Lipinski definition) is 1. The molecule has 20 heavy (non-hydrogen) atoms. The number of ether oxygens (including phenoxy) is 1. The molecule has 0 aromatic rings. The zero-order chi connectivity index (χ0) is 15.4. The van der Waals surface area contributed by atoms with Gasteiger partial charge in [-0.3, -0.25) is 9.35 Å². The number of esters is 1. The molecule has 1 N–H and O–H groups in total. The van der Waals surface area contributed by atoms with E-state index in [0.717, 1.165) is 25.7 Å². The predicted molar refractivity (Wildman–Crippen MR) is 63.5 cm³/mol. The Kier molecular flexibility index (Phi) is 5.81. The summed E-state index contributed by atoms with van der Waals surface area (Å²) in [5.41, 5.74) is 0. The second-order valence-corrected chi connectivity index (χ2v) is 6.40. The summed E-state index contributed by atoms with van der Waals surface area (Å²) in [5.74, 6) is -3.35. The lowest BCUT2D eigenvalue weighted by atomic mass is 10.0. The molecule has 1 aliphatic carbocycles. The minimum atomic E-state index is -5.03. The van der Waals surface area contributed by atoms with Crippen molar-refractivity contribution < 1.29 is 35.7 Å². The fraction of sp³-hybridized carbons (Fsp3) is 0.909. The van der Waals surface area contributed by atoms with Gasteiger partial charge in [0.15, 0.2) is 0 Å². The van der Waals surface area contributed by atoms with E-state index in [0.29, 0.717) is 12.8 Å². The van der Waals surface area contributed by atoms with E-state index in [1.807, 2.05) is 0 Å². The average Bonchev–Trinajstić information content (AvgIpc) is 2.53. The molecule has 5 nitrogen and oxygen atoms in total. The molecule has 0 amide bonds. The van der Waals surface area contributed by atoms with Gasteiger partial charge in [0.1, 0.15) is 5.75 Å². The molecule has 1 fully saturated rings. The van der Waals surface area contributed by atoms with Crippen LogP contribution in [0.3, 0.4) is 0 Å². The number of hydrogen-bond acceptors (Lipinski definition) is 4. The minimum absolute atomic E-state index is 0.440. The van der Waals surface area contributed by atoms with Gasteiger partial charge in [0.05, 0.1) is 5.92 Å². The van der Waals surface area contributed by atoms with Crippen molar-refractivity contribution in [3.05, 3.63) is 0 Å². The summed E-state index contributed by atoms with van der Waals surface area (Å²) >= 11 is 0. The first-order valence-corrected chi connectivity index (χ1v) is 7.93. The Morgan fingerprint density at radius 2 is 1.70 bits per heavy atom. The normalized spacial score (nSPS) is 20.2. The fourth-order valence-electron chi connectivity index (χ4n) is 2.14. The zero-order valence-electron chi connectivity index (χ0n) is 10.7. The van der Waals surface area contributed by atoms with E-state index in [4.69, 9.17) is 4.55 Å². The van der Waals surface area contributed by atoms with Crippen LogP contribution in [0.4, 0.5) is 13.2 Å². The van der Waals surface area contributed by atoms with Gasteiger partial charge >= 0.3 is 12.1 Å². The molecular formula is C11H17F3O5S. The second kappa shape index (κ2) is 6.75. The first kappa shape index (κ1) is 17.2. The number of carbonyl (C=O) groups is 1. The number of carbonyl (C=O) groups excluding carboxylic acids is 1. The summed E-state index contributed by atoms with van der Waals surface area (Å²) in [5, 5.41) is 0. The van der Waals surface area contributed by atoms with Crippen molar-refractivity contribution in [1.82, 2.24) is 0 Å². The lowest BCUT2D eigenvalue weighted by Crippen LogP contribution is -2.40. The topological polar surface area (TPSA) is 80.7 Å². The summed E-state index contributed by atoms with van der Waals surface area (Å²) in [6.07, 6.45) is -3.69. The molecule has 1 saturated carbocycles. The molecule has 9 heteroatoms. The first-order chi connectivity index (χ1) is 9.09. The first-order valence-electron chi connectivity index (χ1n) is 6.32. The maximum absolute atomic E-state index is 12.6. The molecule has 0 heterocycles. The van der Waals surface area contributed by atoms with Crippen LogP contribution in [-0.2, 0) is 19.6 Å². The van der Waals surface area contributed by atoms with Crippen molar-refractivity contribution in [1.29, 1.82) is 0 Å². The fourth-order valence-corrected chi connectivity index (χ4v) is 2.78. The van der Waals surface area contributed by atoms with Crippen LogP contribution in [-0.4, -0.2) is 37.0 Å². The van der Waals surface area contributed by atoms with Crippen LogP contribution in [0.2, 0.25) is 0 Å². The molecule has 118 valence electrons. The molecule has 0 bridgehead atoms. The van der Waals surface area contributed by atoms with Gasteiger partial charge in [-0.1, -0.05) is 25.7 Å². The van der Waals surface area contributed by atoms with E-state index in [1.54, 1.807) is 0 Å². The molecule has 1 atom stereocenters. The predicted octanol–water partition coefficient (Wildman–Crippen LogP) is 2.32. The summed E-state index contributed by atoms with van der Waals surface area (Å²) in [6.45, 7) is 0. The van der Waals surface area contributed by atoms with Crippen molar-refractivity contribution in [3.63, 3.8) is 0 Å². The highest BCUT2D eigenvalue weighted by Gasteiger charge is 2.46. The quantitative estimate of drug-likeness (QED) is 0.489. The standard InChI is InChI=1S/C11H17F3O5S/c12-11(13,14)9(7-20(16,17)18)19-10(15)8-5-3-1-2-4-6-8/h8-9H,1-7H2,(H,16,17,18). The highest BCUT2D eigenvalue weighted by Crippen LogP contribution is 2.28. The number of alkyl halides is 3. The van der Waals surface area contributed by atoms with Crippen LogP contribution in [0, 0.1) is 5.92 Å². The molecule has 0 radical (unpaired) electrons. The summed E-state index contributed by atoms with van der Waals surface area (Å²) in [6, 6.07) is 0. The third kappa shape index (κ3) is 6.08. The van der Waals surface area contributed by atoms with Crippen LogP contribution >= 0.6 is 0 Å². The number of rotatable bonds is 4. The van der Waals surface area contributed by atoms with Gasteiger partial charge in [0.2, 0.25) is 6.10 Å². The highest BCUT2D eigenvalue weighted by atomic mass is 32.2. The van der Waals surface area contributed by atoms with Crippen LogP contribution in [0.25, 0.3) is 0 Å². The molecule has 0 aromatic heterocycles. The van der Waals surface area contributed by atoms with Crippen LogP contribution in [0.1, 0.15) is 38.5 Å². The van der Waals surface area contributed by atoms with Crippen molar-refractivity contribution >= 4 is 16.1 Å². The van der Waals surface area contributed by atoms with Crippen LogP contribution in [0.5, 0.6) is 0 Å². The van der Waals surface area contributed by atoms with Crippen molar-refractivity contribution in [2.75, 3.05) is 5.75 Å². The largest absolute Gasteiger partial charge is 0.451 e. The number of halogens is 3. The van der Waals surface area contributed by atoms with Gasteiger partial charge in [0.25, 0.3) is 10.1 Å². The third-order valence-corrected chi connectivity index (χ3v) is 3.90. The molecule has 0 spiro atoms. The van der Waals surface area contributed by atoms with Crippen molar-refractivity contribution in [2.24, 2.45) is 5.92 Å². The van der Waals surface area contributed by atoms with E-state index >= 15 is 0 Å². The van der Waals surface area contributed by atoms with Gasteiger partial charge in [-0.25, -0.2) is 0 Å². The molecule has 0 aromatic carbocycles. The molecular weight excluding hydrogens is 301 g/mol. The van der Waals surface area contributed by atoms with Crippen LogP contribution in [0.15, 0.2) is 0 Å². The van der Waals surface area contributed by atoms with Crippen molar-refractivity contribution in [3.8, 4) is 0 Å². The molecule has 1 rings (SSSR count). The summed E-state index contributed by atoms with van der Waals surface area (Å²) < 4.78 is 71.7. The van der Waals surface area contributed by atoms with Crippen molar-refractivity contribution in [2.45, 2.75) is 50.8 Å².